The highest BCUT2D eigenvalue weighted by Gasteiger charge is 2.24. The summed E-state index contributed by atoms with van der Waals surface area (Å²) in [6, 6.07) is 0. The van der Waals surface area contributed by atoms with Crippen molar-refractivity contribution >= 4 is 11.8 Å². The van der Waals surface area contributed by atoms with E-state index in [1.165, 1.54) is 0 Å². The molecule has 1 aliphatic heterocycles. The van der Waals surface area contributed by atoms with Crippen LogP contribution in [0.2, 0.25) is 0 Å². The van der Waals surface area contributed by atoms with E-state index in [9.17, 15) is 0 Å². The van der Waals surface area contributed by atoms with Gasteiger partial charge in [-0.1, -0.05) is 6.92 Å². The summed E-state index contributed by atoms with van der Waals surface area (Å²) in [6.45, 7) is 4.37. The van der Waals surface area contributed by atoms with Crippen molar-refractivity contribution in [2.45, 2.75) is 31.3 Å². The number of aliphatic hydroxyl groups is 1. The van der Waals surface area contributed by atoms with Gasteiger partial charge in [-0.05, 0) is 6.92 Å². The van der Waals surface area contributed by atoms with Crippen LogP contribution in [0.1, 0.15) is 13.8 Å². The SMILES string of the molecule is C[C@@H]1SCC(CO)O[C@@H]1C. The molecule has 1 aliphatic rings. The fourth-order valence-electron chi connectivity index (χ4n) is 0.944. The maximum atomic E-state index is 8.76. The molecule has 0 spiro atoms. The van der Waals surface area contributed by atoms with Gasteiger partial charge in [-0.3, -0.25) is 0 Å². The fraction of sp³-hybridized carbons (Fsp3) is 1.00. The highest BCUT2D eigenvalue weighted by molar-refractivity contribution is 8.00. The minimum absolute atomic E-state index is 0.0659. The average Bonchev–Trinajstić information content (AvgIpc) is 1.95. The van der Waals surface area contributed by atoms with E-state index >= 15 is 0 Å². The van der Waals surface area contributed by atoms with Gasteiger partial charge in [-0.25, -0.2) is 0 Å². The van der Waals surface area contributed by atoms with E-state index in [2.05, 4.69) is 13.8 Å². The predicted molar refractivity (Wildman–Crippen MR) is 43.3 cm³/mol. The van der Waals surface area contributed by atoms with E-state index in [4.69, 9.17) is 9.84 Å². The van der Waals surface area contributed by atoms with E-state index in [0.717, 1.165) is 5.75 Å². The van der Waals surface area contributed by atoms with Crippen LogP contribution in [0.15, 0.2) is 0 Å². The van der Waals surface area contributed by atoms with Crippen molar-refractivity contribution in [3.63, 3.8) is 0 Å². The van der Waals surface area contributed by atoms with Crippen molar-refractivity contribution in [3.8, 4) is 0 Å². The van der Waals surface area contributed by atoms with E-state index in [0.29, 0.717) is 5.25 Å². The van der Waals surface area contributed by atoms with Gasteiger partial charge >= 0.3 is 0 Å². The quantitative estimate of drug-likeness (QED) is 0.621. The highest BCUT2D eigenvalue weighted by atomic mass is 32.2. The van der Waals surface area contributed by atoms with Crippen molar-refractivity contribution in [3.05, 3.63) is 0 Å². The van der Waals surface area contributed by atoms with Crippen LogP contribution in [0.25, 0.3) is 0 Å². The first-order valence-corrected chi connectivity index (χ1v) is 4.67. The second-order valence-electron chi connectivity index (χ2n) is 2.68. The van der Waals surface area contributed by atoms with Crippen molar-refractivity contribution in [2.75, 3.05) is 12.4 Å². The smallest absolute Gasteiger partial charge is 0.0900 e. The molecule has 0 aromatic heterocycles. The Bertz CT molecular complexity index is 108. The van der Waals surface area contributed by atoms with Crippen molar-refractivity contribution in [1.29, 1.82) is 0 Å². The first-order chi connectivity index (χ1) is 4.74. The van der Waals surface area contributed by atoms with E-state index in [1.54, 1.807) is 0 Å². The number of hydrogen-bond acceptors (Lipinski definition) is 3. The second kappa shape index (κ2) is 3.60. The molecule has 1 heterocycles. The summed E-state index contributed by atoms with van der Waals surface area (Å²) in [5.74, 6) is 0.933. The lowest BCUT2D eigenvalue weighted by atomic mass is 10.3. The maximum Gasteiger partial charge on any atom is 0.0900 e. The molecule has 0 radical (unpaired) electrons. The molecule has 0 amide bonds. The standard InChI is InChI=1S/C7H14O2S/c1-5-6(2)10-4-7(3-8)9-5/h5-8H,3-4H2,1-2H3/t5-,6+,7?/m1/s1. The summed E-state index contributed by atoms with van der Waals surface area (Å²) < 4.78 is 5.48. The van der Waals surface area contributed by atoms with E-state index < -0.39 is 0 Å². The van der Waals surface area contributed by atoms with Gasteiger partial charge in [0.15, 0.2) is 0 Å². The molecule has 1 rings (SSSR count). The van der Waals surface area contributed by atoms with Crippen LogP contribution in [0.3, 0.4) is 0 Å². The number of rotatable bonds is 1. The zero-order chi connectivity index (χ0) is 7.56. The van der Waals surface area contributed by atoms with Gasteiger partial charge in [-0.2, -0.15) is 11.8 Å². The Hall–Kier alpha value is 0.270. The summed E-state index contributed by atoms with van der Waals surface area (Å²) in [4.78, 5) is 0. The van der Waals surface area contributed by atoms with Gasteiger partial charge in [-0.15, -0.1) is 0 Å². The highest BCUT2D eigenvalue weighted by Crippen LogP contribution is 2.24. The third kappa shape index (κ3) is 1.87. The van der Waals surface area contributed by atoms with Crippen LogP contribution >= 0.6 is 11.8 Å². The summed E-state index contributed by atoms with van der Waals surface area (Å²) in [6.07, 6.45) is 0.354. The molecule has 1 N–H and O–H groups in total. The molecule has 0 bridgehead atoms. The molecule has 0 aliphatic carbocycles. The number of ether oxygens (including phenoxy) is 1. The molecule has 60 valence electrons. The number of aliphatic hydroxyl groups excluding tert-OH is 1. The lowest BCUT2D eigenvalue weighted by Gasteiger charge is -2.31. The minimum atomic E-state index is 0.0659. The Kier molecular flexibility index (Phi) is 3.01. The van der Waals surface area contributed by atoms with Gasteiger partial charge < -0.3 is 9.84 Å². The Morgan fingerprint density at radius 3 is 2.80 bits per heavy atom. The van der Waals surface area contributed by atoms with Gasteiger partial charge in [0.05, 0.1) is 18.8 Å². The zero-order valence-corrected chi connectivity index (χ0v) is 7.23. The topological polar surface area (TPSA) is 29.5 Å². The van der Waals surface area contributed by atoms with E-state index in [-0.39, 0.29) is 18.8 Å². The molecule has 0 saturated carbocycles. The van der Waals surface area contributed by atoms with Crippen LogP contribution in [0.5, 0.6) is 0 Å². The Labute approximate surface area is 66.0 Å². The minimum Gasteiger partial charge on any atom is -0.394 e. The van der Waals surface area contributed by atoms with Crippen molar-refractivity contribution in [2.24, 2.45) is 0 Å². The molecule has 2 nitrogen and oxygen atoms in total. The molecule has 0 aromatic rings. The largest absolute Gasteiger partial charge is 0.394 e. The Morgan fingerprint density at radius 1 is 1.60 bits per heavy atom. The first kappa shape index (κ1) is 8.37. The predicted octanol–water partition coefficient (Wildman–Crippen LogP) is 0.888. The average molecular weight is 162 g/mol. The third-order valence-corrected chi connectivity index (χ3v) is 3.29. The zero-order valence-electron chi connectivity index (χ0n) is 6.41. The summed E-state index contributed by atoms with van der Waals surface area (Å²) >= 11 is 1.87. The lowest BCUT2D eigenvalue weighted by molar-refractivity contribution is -0.0230. The maximum absolute atomic E-state index is 8.76. The molecule has 1 saturated heterocycles. The number of thioether (sulfide) groups is 1. The lowest BCUT2D eigenvalue weighted by Crippen LogP contribution is -2.36. The molecular formula is C7H14O2S. The molecule has 3 atom stereocenters. The van der Waals surface area contributed by atoms with Gasteiger partial charge in [0.2, 0.25) is 0 Å². The van der Waals surface area contributed by atoms with E-state index in [1.807, 2.05) is 11.8 Å². The molecule has 3 heteroatoms. The second-order valence-corrected chi connectivity index (χ2v) is 4.09. The van der Waals surface area contributed by atoms with Gasteiger partial charge in [0, 0.05) is 11.0 Å². The fourth-order valence-corrected chi connectivity index (χ4v) is 1.98. The van der Waals surface area contributed by atoms with Crippen molar-refractivity contribution < 1.29 is 9.84 Å². The summed E-state index contributed by atoms with van der Waals surface area (Å²) in [5, 5.41) is 9.33. The summed E-state index contributed by atoms with van der Waals surface area (Å²) in [7, 11) is 0. The molecule has 1 fully saturated rings. The normalized spacial score (nSPS) is 41.7. The Morgan fingerprint density at radius 2 is 2.30 bits per heavy atom. The van der Waals surface area contributed by atoms with Crippen LogP contribution in [0.4, 0.5) is 0 Å². The first-order valence-electron chi connectivity index (χ1n) is 3.62. The molecule has 0 aromatic carbocycles. The monoisotopic (exact) mass is 162 g/mol. The van der Waals surface area contributed by atoms with Crippen LogP contribution < -0.4 is 0 Å². The van der Waals surface area contributed by atoms with Crippen LogP contribution in [-0.4, -0.2) is 34.9 Å². The van der Waals surface area contributed by atoms with Crippen molar-refractivity contribution in [1.82, 2.24) is 0 Å². The Balaban J connectivity index is 2.33. The van der Waals surface area contributed by atoms with Gasteiger partial charge in [0.25, 0.3) is 0 Å². The molecule has 1 unspecified atom stereocenters. The molecular weight excluding hydrogens is 148 g/mol. The summed E-state index contributed by atoms with van der Waals surface area (Å²) in [5.41, 5.74) is 0. The van der Waals surface area contributed by atoms with Gasteiger partial charge in [0.1, 0.15) is 0 Å². The van der Waals surface area contributed by atoms with Crippen LogP contribution in [0, 0.1) is 0 Å². The van der Waals surface area contributed by atoms with Crippen LogP contribution in [-0.2, 0) is 4.74 Å². The number of hydrogen-bond donors (Lipinski definition) is 1. The molecule has 10 heavy (non-hydrogen) atoms. The third-order valence-electron chi connectivity index (χ3n) is 1.82.